The fourth-order valence-corrected chi connectivity index (χ4v) is 2.33. The molecule has 16 heavy (non-hydrogen) atoms. The van der Waals surface area contributed by atoms with E-state index >= 15 is 0 Å². The summed E-state index contributed by atoms with van der Waals surface area (Å²) in [4.78, 5) is 15.2. The van der Waals surface area contributed by atoms with Crippen LogP contribution < -0.4 is 0 Å². The Balaban J connectivity index is 2.73. The average molecular weight is 283 g/mol. The molecule has 0 aliphatic heterocycles. The Labute approximate surface area is 101 Å². The highest BCUT2D eigenvalue weighted by Gasteiger charge is 2.13. The summed E-state index contributed by atoms with van der Waals surface area (Å²) in [5.74, 6) is -0.845. The number of aliphatic carboxylic acids is 1. The summed E-state index contributed by atoms with van der Waals surface area (Å²) in [6.45, 7) is 3.79. The molecule has 0 aliphatic carbocycles. The van der Waals surface area contributed by atoms with E-state index in [0.29, 0.717) is 0 Å². The van der Waals surface area contributed by atoms with Gasteiger partial charge in [-0.1, -0.05) is 0 Å². The molecular weight excluding hydrogens is 272 g/mol. The summed E-state index contributed by atoms with van der Waals surface area (Å²) in [6.07, 6.45) is 1.84. The molecule has 2 aromatic rings. The van der Waals surface area contributed by atoms with Gasteiger partial charge in [0.2, 0.25) is 0 Å². The number of carboxylic acids is 1. The van der Waals surface area contributed by atoms with Crippen molar-refractivity contribution in [2.45, 2.75) is 20.3 Å². The zero-order valence-electron chi connectivity index (χ0n) is 8.99. The van der Waals surface area contributed by atoms with Crippen LogP contribution in [0, 0.1) is 13.8 Å². The van der Waals surface area contributed by atoms with E-state index in [9.17, 15) is 4.79 Å². The lowest BCUT2D eigenvalue weighted by atomic mass is 10.2. The Morgan fingerprint density at radius 2 is 2.25 bits per heavy atom. The largest absolute Gasteiger partial charge is 0.481 e. The van der Waals surface area contributed by atoms with E-state index < -0.39 is 5.97 Å². The van der Waals surface area contributed by atoms with E-state index in [-0.39, 0.29) is 6.42 Å². The van der Waals surface area contributed by atoms with Gasteiger partial charge in [0, 0.05) is 10.7 Å². The normalized spacial score (nSPS) is 10.9. The lowest BCUT2D eigenvalue weighted by Crippen LogP contribution is -2.04. The summed E-state index contributed by atoms with van der Waals surface area (Å²) in [7, 11) is 0. The van der Waals surface area contributed by atoms with Crippen LogP contribution in [0.4, 0.5) is 0 Å². The van der Waals surface area contributed by atoms with Crippen molar-refractivity contribution < 1.29 is 9.90 Å². The molecule has 0 saturated heterocycles. The maximum Gasteiger partial charge on any atom is 0.309 e. The summed E-state index contributed by atoms with van der Waals surface area (Å²) in [5, 5.41) is 8.85. The first-order chi connectivity index (χ1) is 7.49. The van der Waals surface area contributed by atoms with Crippen LogP contribution in [0.3, 0.4) is 0 Å². The van der Waals surface area contributed by atoms with Gasteiger partial charge in [-0.25, -0.2) is 4.98 Å². The molecule has 5 heteroatoms. The van der Waals surface area contributed by atoms with E-state index in [1.807, 2.05) is 30.5 Å². The molecule has 2 rings (SSSR count). The van der Waals surface area contributed by atoms with Gasteiger partial charge in [0.05, 0.1) is 17.8 Å². The maximum atomic E-state index is 10.8. The van der Waals surface area contributed by atoms with Crippen molar-refractivity contribution in [2.75, 3.05) is 0 Å². The van der Waals surface area contributed by atoms with Crippen LogP contribution in [-0.4, -0.2) is 20.5 Å². The Hall–Kier alpha value is -1.36. The Morgan fingerprint density at radius 3 is 2.88 bits per heavy atom. The fourth-order valence-electron chi connectivity index (χ4n) is 1.78. The SMILES string of the molecule is Cc1nc2c(C)cc(Br)cn2c1CC(=O)O. The zero-order chi connectivity index (χ0) is 11.9. The monoisotopic (exact) mass is 282 g/mol. The maximum absolute atomic E-state index is 10.8. The molecular formula is C11H11BrN2O2. The second-order valence-electron chi connectivity index (χ2n) is 3.75. The first-order valence-electron chi connectivity index (χ1n) is 4.84. The molecule has 0 atom stereocenters. The summed E-state index contributed by atoms with van der Waals surface area (Å²) in [5.41, 5.74) is 3.33. The molecule has 4 nitrogen and oxygen atoms in total. The highest BCUT2D eigenvalue weighted by Crippen LogP contribution is 2.20. The molecule has 0 aliphatic rings. The quantitative estimate of drug-likeness (QED) is 0.920. The average Bonchev–Trinajstić information content (AvgIpc) is 2.45. The van der Waals surface area contributed by atoms with E-state index in [4.69, 9.17) is 5.11 Å². The number of fused-ring (bicyclic) bond motifs is 1. The van der Waals surface area contributed by atoms with Crippen LogP contribution in [0.15, 0.2) is 16.7 Å². The number of imidazole rings is 1. The Kier molecular flexibility index (Phi) is 2.71. The van der Waals surface area contributed by atoms with Crippen LogP contribution >= 0.6 is 15.9 Å². The van der Waals surface area contributed by atoms with Gasteiger partial charge in [-0.2, -0.15) is 0 Å². The number of hydrogen-bond donors (Lipinski definition) is 1. The highest BCUT2D eigenvalue weighted by atomic mass is 79.9. The first kappa shape index (κ1) is 11.1. The van der Waals surface area contributed by atoms with Gasteiger partial charge in [0.1, 0.15) is 5.65 Å². The number of carbonyl (C=O) groups is 1. The standard InChI is InChI=1S/C11H11BrN2O2/c1-6-3-8(12)5-14-9(4-10(15)16)7(2)13-11(6)14/h3,5H,4H2,1-2H3,(H,15,16). The molecule has 0 bridgehead atoms. The van der Waals surface area contributed by atoms with E-state index in [1.165, 1.54) is 0 Å². The summed E-state index contributed by atoms with van der Waals surface area (Å²) >= 11 is 3.40. The van der Waals surface area contributed by atoms with Gasteiger partial charge in [-0.3, -0.25) is 4.79 Å². The molecule has 0 saturated carbocycles. The molecule has 0 fully saturated rings. The molecule has 84 valence electrons. The number of aromatic nitrogens is 2. The van der Waals surface area contributed by atoms with Crippen molar-refractivity contribution in [3.05, 3.63) is 33.7 Å². The van der Waals surface area contributed by atoms with Crippen molar-refractivity contribution in [3.63, 3.8) is 0 Å². The summed E-state index contributed by atoms with van der Waals surface area (Å²) in [6, 6.07) is 1.96. The molecule has 0 unspecified atom stereocenters. The van der Waals surface area contributed by atoms with Crippen molar-refractivity contribution >= 4 is 27.5 Å². The number of aryl methyl sites for hydroxylation is 2. The number of rotatable bonds is 2. The van der Waals surface area contributed by atoms with Crippen LogP contribution in [0.1, 0.15) is 17.0 Å². The smallest absolute Gasteiger partial charge is 0.309 e. The molecule has 0 radical (unpaired) electrons. The van der Waals surface area contributed by atoms with Crippen LogP contribution in [-0.2, 0) is 11.2 Å². The number of hydrogen-bond acceptors (Lipinski definition) is 2. The number of carboxylic acid groups (broad SMARTS) is 1. The molecule has 2 aromatic heterocycles. The molecule has 0 aromatic carbocycles. The van der Waals surface area contributed by atoms with Crippen molar-refractivity contribution in [1.82, 2.24) is 9.38 Å². The predicted octanol–water partition coefficient (Wildman–Crippen LogP) is 2.34. The lowest BCUT2D eigenvalue weighted by molar-refractivity contribution is -0.136. The lowest BCUT2D eigenvalue weighted by Gasteiger charge is -2.02. The third kappa shape index (κ3) is 1.82. The van der Waals surface area contributed by atoms with E-state index in [2.05, 4.69) is 20.9 Å². The van der Waals surface area contributed by atoms with Gasteiger partial charge < -0.3 is 9.51 Å². The van der Waals surface area contributed by atoms with Gasteiger partial charge in [0.25, 0.3) is 0 Å². The first-order valence-corrected chi connectivity index (χ1v) is 5.64. The van der Waals surface area contributed by atoms with E-state index in [1.54, 1.807) is 0 Å². The minimum Gasteiger partial charge on any atom is -0.481 e. The molecule has 1 N–H and O–H groups in total. The third-order valence-corrected chi connectivity index (χ3v) is 2.92. The minimum absolute atomic E-state index is 0.0110. The molecule has 0 spiro atoms. The Morgan fingerprint density at radius 1 is 1.56 bits per heavy atom. The van der Waals surface area contributed by atoms with Gasteiger partial charge in [-0.05, 0) is 41.4 Å². The van der Waals surface area contributed by atoms with Crippen molar-refractivity contribution in [3.8, 4) is 0 Å². The second kappa shape index (κ2) is 3.90. The van der Waals surface area contributed by atoms with E-state index in [0.717, 1.165) is 27.1 Å². The number of nitrogens with zero attached hydrogens (tertiary/aromatic N) is 2. The topological polar surface area (TPSA) is 54.6 Å². The van der Waals surface area contributed by atoms with Crippen LogP contribution in [0.5, 0.6) is 0 Å². The fraction of sp³-hybridized carbons (Fsp3) is 0.273. The molecule has 2 heterocycles. The second-order valence-corrected chi connectivity index (χ2v) is 4.67. The van der Waals surface area contributed by atoms with Gasteiger partial charge in [0.15, 0.2) is 0 Å². The minimum atomic E-state index is -0.845. The molecule has 0 amide bonds. The zero-order valence-corrected chi connectivity index (χ0v) is 10.6. The Bertz CT molecular complexity index is 575. The predicted molar refractivity (Wildman–Crippen MR) is 63.7 cm³/mol. The highest BCUT2D eigenvalue weighted by molar-refractivity contribution is 9.10. The summed E-state index contributed by atoms with van der Waals surface area (Å²) < 4.78 is 2.75. The third-order valence-electron chi connectivity index (χ3n) is 2.49. The number of halogens is 1. The van der Waals surface area contributed by atoms with Gasteiger partial charge >= 0.3 is 5.97 Å². The number of pyridine rings is 1. The van der Waals surface area contributed by atoms with Gasteiger partial charge in [-0.15, -0.1) is 0 Å². The van der Waals surface area contributed by atoms with Crippen LogP contribution in [0.25, 0.3) is 5.65 Å². The van der Waals surface area contributed by atoms with Crippen LogP contribution in [0.2, 0.25) is 0 Å². The van der Waals surface area contributed by atoms with Crippen molar-refractivity contribution in [2.24, 2.45) is 0 Å². The van der Waals surface area contributed by atoms with Crippen molar-refractivity contribution in [1.29, 1.82) is 0 Å².